The summed E-state index contributed by atoms with van der Waals surface area (Å²) in [6, 6.07) is 5.88. The van der Waals surface area contributed by atoms with Crippen LogP contribution in [0.25, 0.3) is 0 Å². The number of nitrogens with one attached hydrogen (secondary N) is 1. The first kappa shape index (κ1) is 13.9. The van der Waals surface area contributed by atoms with E-state index >= 15 is 0 Å². The van der Waals surface area contributed by atoms with Gasteiger partial charge in [0.25, 0.3) is 15.9 Å². The Balaban J connectivity index is 2.86. The van der Waals surface area contributed by atoms with Crippen molar-refractivity contribution in [1.29, 1.82) is 0 Å². The van der Waals surface area contributed by atoms with Gasteiger partial charge in [-0.3, -0.25) is 4.79 Å². The van der Waals surface area contributed by atoms with E-state index in [2.05, 4.69) is 0 Å². The lowest BCUT2D eigenvalue weighted by molar-refractivity contribution is -0.131. The molecule has 0 fully saturated rings. The van der Waals surface area contributed by atoms with Gasteiger partial charge >= 0.3 is 5.97 Å². The monoisotopic (exact) mass is 269 g/mol. The molecule has 0 heterocycles. The van der Waals surface area contributed by atoms with E-state index < -0.39 is 21.9 Å². The molecular formula is C11H11NO5S. The topological polar surface area (TPSA) is 101 Å². The fraction of sp³-hybridized carbons (Fsp3) is 0.0909. The zero-order chi connectivity index (χ0) is 13.8. The number of benzene rings is 1. The Bertz CT molecular complexity index is 586. The predicted octanol–water partition coefficient (Wildman–Crippen LogP) is 0.441. The smallest absolute Gasteiger partial charge is 0.328 e. The summed E-state index contributed by atoms with van der Waals surface area (Å²) in [6.07, 6.45) is 1.19. The molecular weight excluding hydrogens is 258 g/mol. The van der Waals surface area contributed by atoms with Crippen LogP contribution in [0.3, 0.4) is 0 Å². The Labute approximate surface area is 104 Å². The summed E-state index contributed by atoms with van der Waals surface area (Å²) in [6.45, 7) is 1.80. The molecule has 96 valence electrons. The summed E-state index contributed by atoms with van der Waals surface area (Å²) in [5.41, 5.74) is 0.881. The van der Waals surface area contributed by atoms with Crippen molar-refractivity contribution in [3.05, 3.63) is 42.0 Å². The van der Waals surface area contributed by atoms with E-state index in [1.54, 1.807) is 23.8 Å². The first-order valence-electron chi connectivity index (χ1n) is 4.86. The van der Waals surface area contributed by atoms with Crippen molar-refractivity contribution in [3.63, 3.8) is 0 Å². The Morgan fingerprint density at radius 2 is 1.72 bits per heavy atom. The van der Waals surface area contributed by atoms with E-state index in [-0.39, 0.29) is 4.90 Å². The lowest BCUT2D eigenvalue weighted by atomic mass is 10.2. The van der Waals surface area contributed by atoms with Crippen molar-refractivity contribution >= 4 is 21.9 Å². The van der Waals surface area contributed by atoms with Crippen molar-refractivity contribution in [1.82, 2.24) is 4.72 Å². The van der Waals surface area contributed by atoms with Crippen molar-refractivity contribution in [3.8, 4) is 0 Å². The second kappa shape index (κ2) is 5.46. The Kier molecular flexibility index (Phi) is 4.22. The molecule has 1 aromatic carbocycles. The van der Waals surface area contributed by atoms with Crippen molar-refractivity contribution < 1.29 is 23.1 Å². The number of sulfonamides is 1. The second-order valence-electron chi connectivity index (χ2n) is 3.45. The second-order valence-corrected chi connectivity index (χ2v) is 5.14. The molecule has 2 N–H and O–H groups in total. The fourth-order valence-electron chi connectivity index (χ4n) is 1.09. The standard InChI is InChI=1S/C11H11NO5S/c1-8-2-4-9(5-3-8)18(16,17)12-10(13)6-7-11(14)15/h2-7H,1H3,(H,12,13)(H,14,15). The third-order valence-corrected chi connectivity index (χ3v) is 3.31. The van der Waals surface area contributed by atoms with Gasteiger partial charge < -0.3 is 5.11 Å². The maximum atomic E-state index is 11.7. The number of carboxylic acids is 1. The largest absolute Gasteiger partial charge is 0.478 e. The lowest BCUT2D eigenvalue weighted by Gasteiger charge is -2.04. The van der Waals surface area contributed by atoms with Gasteiger partial charge in [-0.2, -0.15) is 0 Å². The Hall–Kier alpha value is -2.15. The minimum Gasteiger partial charge on any atom is -0.478 e. The van der Waals surface area contributed by atoms with E-state index in [0.717, 1.165) is 5.56 Å². The van der Waals surface area contributed by atoms with Crippen LogP contribution in [0.2, 0.25) is 0 Å². The van der Waals surface area contributed by atoms with Gasteiger partial charge in [-0.05, 0) is 19.1 Å². The molecule has 0 spiro atoms. The SMILES string of the molecule is Cc1ccc(S(=O)(=O)NC(=O)C=CC(=O)O)cc1. The average Bonchev–Trinajstić information content (AvgIpc) is 2.26. The van der Waals surface area contributed by atoms with Crippen LogP contribution in [0.1, 0.15) is 5.56 Å². The number of hydrogen-bond donors (Lipinski definition) is 2. The molecule has 1 rings (SSSR count). The first-order valence-corrected chi connectivity index (χ1v) is 6.34. The fourth-order valence-corrected chi connectivity index (χ4v) is 2.03. The van der Waals surface area contributed by atoms with Crippen LogP contribution >= 0.6 is 0 Å². The van der Waals surface area contributed by atoms with Gasteiger partial charge in [0.05, 0.1) is 4.90 Å². The maximum Gasteiger partial charge on any atom is 0.328 e. The van der Waals surface area contributed by atoms with Gasteiger partial charge in [0.2, 0.25) is 0 Å². The summed E-state index contributed by atoms with van der Waals surface area (Å²) in [7, 11) is -3.97. The Morgan fingerprint density at radius 1 is 1.17 bits per heavy atom. The van der Waals surface area contributed by atoms with Gasteiger partial charge in [-0.25, -0.2) is 17.9 Å². The highest BCUT2D eigenvalue weighted by atomic mass is 32.2. The molecule has 1 amide bonds. The van der Waals surface area contributed by atoms with Crippen LogP contribution < -0.4 is 4.72 Å². The summed E-state index contributed by atoms with van der Waals surface area (Å²) >= 11 is 0. The predicted molar refractivity (Wildman–Crippen MR) is 63.3 cm³/mol. The van der Waals surface area contributed by atoms with Gasteiger partial charge in [0.1, 0.15) is 0 Å². The van der Waals surface area contributed by atoms with Gasteiger partial charge in [0.15, 0.2) is 0 Å². The molecule has 0 saturated heterocycles. The van der Waals surface area contributed by atoms with E-state index in [1.165, 1.54) is 12.1 Å². The van der Waals surface area contributed by atoms with Crippen molar-refractivity contribution in [2.75, 3.05) is 0 Å². The van der Waals surface area contributed by atoms with Crippen LogP contribution in [-0.2, 0) is 19.6 Å². The van der Waals surface area contributed by atoms with E-state index in [9.17, 15) is 18.0 Å². The number of amides is 1. The summed E-state index contributed by atoms with van der Waals surface area (Å²) in [5.74, 6) is -2.35. The van der Waals surface area contributed by atoms with E-state index in [4.69, 9.17) is 5.11 Å². The summed E-state index contributed by atoms with van der Waals surface area (Å²) in [4.78, 5) is 21.3. The highest BCUT2D eigenvalue weighted by molar-refractivity contribution is 7.90. The van der Waals surface area contributed by atoms with E-state index in [0.29, 0.717) is 12.2 Å². The van der Waals surface area contributed by atoms with Crippen LogP contribution in [0.5, 0.6) is 0 Å². The third-order valence-electron chi connectivity index (χ3n) is 1.94. The number of rotatable bonds is 4. The normalized spacial score (nSPS) is 11.4. The van der Waals surface area contributed by atoms with Crippen molar-refractivity contribution in [2.45, 2.75) is 11.8 Å². The molecule has 0 aromatic heterocycles. The first-order chi connectivity index (χ1) is 8.31. The molecule has 0 aliphatic carbocycles. The number of carboxylic acid groups (broad SMARTS) is 1. The molecule has 6 nitrogen and oxygen atoms in total. The molecule has 18 heavy (non-hydrogen) atoms. The van der Waals surface area contributed by atoms with Gasteiger partial charge in [-0.15, -0.1) is 0 Å². The highest BCUT2D eigenvalue weighted by Crippen LogP contribution is 2.09. The maximum absolute atomic E-state index is 11.7. The average molecular weight is 269 g/mol. The van der Waals surface area contributed by atoms with Crippen LogP contribution in [-0.4, -0.2) is 25.4 Å². The van der Waals surface area contributed by atoms with Gasteiger partial charge in [0, 0.05) is 12.2 Å². The van der Waals surface area contributed by atoms with Gasteiger partial charge in [-0.1, -0.05) is 17.7 Å². The Morgan fingerprint density at radius 3 is 2.22 bits per heavy atom. The summed E-state index contributed by atoms with van der Waals surface area (Å²) < 4.78 is 25.1. The van der Waals surface area contributed by atoms with Crippen LogP contribution in [0, 0.1) is 6.92 Å². The molecule has 7 heteroatoms. The molecule has 0 bridgehead atoms. The number of carbonyl (C=O) groups is 2. The molecule has 0 aliphatic heterocycles. The van der Waals surface area contributed by atoms with Crippen LogP contribution in [0.4, 0.5) is 0 Å². The molecule has 1 aromatic rings. The lowest BCUT2D eigenvalue weighted by Crippen LogP contribution is -2.29. The minimum atomic E-state index is -3.97. The number of aliphatic carboxylic acids is 1. The highest BCUT2D eigenvalue weighted by Gasteiger charge is 2.15. The minimum absolute atomic E-state index is 0.0647. The quantitative estimate of drug-likeness (QED) is 0.772. The number of aryl methyl sites for hydroxylation is 1. The molecule has 0 atom stereocenters. The summed E-state index contributed by atoms with van der Waals surface area (Å²) in [5, 5.41) is 8.29. The molecule has 0 radical (unpaired) electrons. The third kappa shape index (κ3) is 4.02. The molecule has 0 unspecified atom stereocenters. The molecule has 0 saturated carbocycles. The number of carbonyl (C=O) groups excluding carboxylic acids is 1. The number of hydrogen-bond acceptors (Lipinski definition) is 4. The van der Waals surface area contributed by atoms with Crippen LogP contribution in [0.15, 0.2) is 41.3 Å². The van der Waals surface area contributed by atoms with E-state index in [1.807, 2.05) is 0 Å². The van der Waals surface area contributed by atoms with Crippen molar-refractivity contribution in [2.24, 2.45) is 0 Å². The zero-order valence-electron chi connectivity index (χ0n) is 9.45. The zero-order valence-corrected chi connectivity index (χ0v) is 10.3. The molecule has 0 aliphatic rings.